The molecule has 2 aromatic rings. The van der Waals surface area contributed by atoms with Crippen molar-refractivity contribution in [2.45, 2.75) is 19.5 Å². The van der Waals surface area contributed by atoms with E-state index in [2.05, 4.69) is 10.1 Å². The van der Waals surface area contributed by atoms with E-state index >= 15 is 0 Å². The van der Waals surface area contributed by atoms with Crippen molar-refractivity contribution in [3.63, 3.8) is 0 Å². The number of hydrogen-bond acceptors (Lipinski definition) is 3. The molecule has 1 aromatic carbocycles. The lowest BCUT2D eigenvalue weighted by Crippen LogP contribution is -2.09. The van der Waals surface area contributed by atoms with Crippen molar-refractivity contribution in [2.75, 3.05) is 0 Å². The van der Waals surface area contributed by atoms with Crippen LogP contribution >= 0.6 is 11.6 Å². The van der Waals surface area contributed by atoms with Gasteiger partial charge in [0.15, 0.2) is 5.82 Å². The van der Waals surface area contributed by atoms with E-state index in [-0.39, 0.29) is 17.6 Å². The van der Waals surface area contributed by atoms with Gasteiger partial charge in [-0.2, -0.15) is 5.10 Å². The average Bonchev–Trinajstić information content (AvgIpc) is 2.73. The first kappa shape index (κ1) is 12.0. The van der Waals surface area contributed by atoms with Crippen LogP contribution < -0.4 is 5.73 Å². The Morgan fingerprint density at radius 1 is 1.53 bits per heavy atom. The molecule has 0 saturated heterocycles. The van der Waals surface area contributed by atoms with Gasteiger partial charge in [0.05, 0.1) is 17.6 Å². The molecule has 1 aromatic heterocycles. The summed E-state index contributed by atoms with van der Waals surface area (Å²) in [6.45, 7) is 2.08. The standard InChI is InChI=1S/C11H12ClFN4/c1-7(14)11-15-6-17(16-11)5-8-3-2-4-9(12)10(8)13/h2-4,6-7H,5,14H2,1H3. The lowest BCUT2D eigenvalue weighted by atomic mass is 10.2. The number of benzene rings is 1. The van der Waals surface area contributed by atoms with Gasteiger partial charge in [0, 0.05) is 5.56 Å². The Labute approximate surface area is 103 Å². The summed E-state index contributed by atoms with van der Waals surface area (Å²) in [5, 5.41) is 4.25. The zero-order valence-electron chi connectivity index (χ0n) is 9.27. The van der Waals surface area contributed by atoms with Gasteiger partial charge in [0.2, 0.25) is 0 Å². The Morgan fingerprint density at radius 3 is 2.94 bits per heavy atom. The molecule has 0 aliphatic rings. The third-order valence-electron chi connectivity index (χ3n) is 2.33. The van der Waals surface area contributed by atoms with Gasteiger partial charge in [0.25, 0.3) is 0 Å². The number of rotatable bonds is 3. The van der Waals surface area contributed by atoms with Crippen LogP contribution in [0.3, 0.4) is 0 Å². The summed E-state index contributed by atoms with van der Waals surface area (Å²) in [5.41, 5.74) is 6.11. The first-order valence-electron chi connectivity index (χ1n) is 5.15. The molecule has 6 heteroatoms. The van der Waals surface area contributed by atoms with Crippen molar-refractivity contribution in [3.05, 3.63) is 46.8 Å². The van der Waals surface area contributed by atoms with Gasteiger partial charge < -0.3 is 5.73 Å². The predicted molar refractivity (Wildman–Crippen MR) is 63.1 cm³/mol. The highest BCUT2D eigenvalue weighted by atomic mass is 35.5. The maximum atomic E-state index is 13.6. The van der Waals surface area contributed by atoms with Crippen molar-refractivity contribution in [1.82, 2.24) is 14.8 Å². The van der Waals surface area contributed by atoms with E-state index in [1.165, 1.54) is 17.1 Å². The second-order valence-corrected chi connectivity index (χ2v) is 4.21. The van der Waals surface area contributed by atoms with Gasteiger partial charge >= 0.3 is 0 Å². The number of halogens is 2. The van der Waals surface area contributed by atoms with Crippen LogP contribution in [0.5, 0.6) is 0 Å². The molecule has 1 heterocycles. The summed E-state index contributed by atoms with van der Waals surface area (Å²) >= 11 is 5.70. The molecule has 0 bridgehead atoms. The average molecular weight is 255 g/mol. The zero-order valence-corrected chi connectivity index (χ0v) is 10.0. The lowest BCUT2D eigenvalue weighted by molar-refractivity contribution is 0.580. The minimum Gasteiger partial charge on any atom is -0.321 e. The van der Waals surface area contributed by atoms with Gasteiger partial charge in [-0.25, -0.2) is 14.1 Å². The molecule has 0 radical (unpaired) electrons. The molecule has 0 aliphatic carbocycles. The van der Waals surface area contributed by atoms with Crippen LogP contribution in [0.1, 0.15) is 24.4 Å². The van der Waals surface area contributed by atoms with Crippen molar-refractivity contribution >= 4 is 11.6 Å². The molecule has 0 spiro atoms. The minimum absolute atomic E-state index is 0.107. The van der Waals surface area contributed by atoms with E-state index in [0.29, 0.717) is 11.4 Å². The molecular formula is C11H12ClFN4. The monoisotopic (exact) mass is 254 g/mol. The Balaban J connectivity index is 2.22. The maximum Gasteiger partial charge on any atom is 0.166 e. The van der Waals surface area contributed by atoms with Crippen LogP contribution in [0.2, 0.25) is 5.02 Å². The van der Waals surface area contributed by atoms with Gasteiger partial charge in [-0.1, -0.05) is 23.7 Å². The zero-order chi connectivity index (χ0) is 12.4. The molecule has 0 aliphatic heterocycles. The summed E-state index contributed by atoms with van der Waals surface area (Å²) in [6, 6.07) is 4.63. The normalized spacial score (nSPS) is 12.7. The summed E-state index contributed by atoms with van der Waals surface area (Å²) in [7, 11) is 0. The summed E-state index contributed by atoms with van der Waals surface area (Å²) < 4.78 is 15.2. The second-order valence-electron chi connectivity index (χ2n) is 3.80. The van der Waals surface area contributed by atoms with E-state index in [4.69, 9.17) is 17.3 Å². The smallest absolute Gasteiger partial charge is 0.166 e. The molecule has 90 valence electrons. The van der Waals surface area contributed by atoms with E-state index in [0.717, 1.165) is 0 Å². The Bertz CT molecular complexity index is 524. The lowest BCUT2D eigenvalue weighted by Gasteiger charge is -2.04. The maximum absolute atomic E-state index is 13.6. The predicted octanol–water partition coefficient (Wildman–Crippen LogP) is 2.14. The van der Waals surface area contributed by atoms with E-state index in [1.54, 1.807) is 19.1 Å². The molecule has 0 saturated carbocycles. The van der Waals surface area contributed by atoms with Crippen molar-refractivity contribution in [2.24, 2.45) is 5.73 Å². The summed E-state index contributed by atoms with van der Waals surface area (Å²) in [6.07, 6.45) is 1.53. The van der Waals surface area contributed by atoms with Gasteiger partial charge in [-0.05, 0) is 13.0 Å². The fourth-order valence-corrected chi connectivity index (χ4v) is 1.63. The molecular weight excluding hydrogens is 243 g/mol. The largest absolute Gasteiger partial charge is 0.321 e. The number of hydrogen-bond donors (Lipinski definition) is 1. The van der Waals surface area contributed by atoms with Crippen LogP contribution in [0.15, 0.2) is 24.5 Å². The Hall–Kier alpha value is -1.46. The van der Waals surface area contributed by atoms with E-state index in [9.17, 15) is 4.39 Å². The van der Waals surface area contributed by atoms with E-state index in [1.807, 2.05) is 0 Å². The Kier molecular flexibility index (Phi) is 3.40. The molecule has 0 amide bonds. The summed E-state index contributed by atoms with van der Waals surface area (Å²) in [5.74, 6) is 0.111. The van der Waals surface area contributed by atoms with Gasteiger partial charge in [-0.3, -0.25) is 0 Å². The first-order valence-corrected chi connectivity index (χ1v) is 5.53. The quantitative estimate of drug-likeness (QED) is 0.913. The van der Waals surface area contributed by atoms with Crippen LogP contribution in [0.4, 0.5) is 4.39 Å². The highest BCUT2D eigenvalue weighted by molar-refractivity contribution is 6.30. The van der Waals surface area contributed by atoms with E-state index < -0.39 is 5.82 Å². The number of nitrogens with two attached hydrogens (primary N) is 1. The minimum atomic E-state index is -0.424. The third kappa shape index (κ3) is 2.62. The van der Waals surface area contributed by atoms with Crippen molar-refractivity contribution < 1.29 is 4.39 Å². The van der Waals surface area contributed by atoms with Gasteiger partial charge in [-0.15, -0.1) is 0 Å². The Morgan fingerprint density at radius 2 is 2.29 bits per heavy atom. The van der Waals surface area contributed by atoms with Crippen LogP contribution in [-0.4, -0.2) is 14.8 Å². The first-order chi connectivity index (χ1) is 8.08. The third-order valence-corrected chi connectivity index (χ3v) is 2.62. The summed E-state index contributed by atoms with van der Waals surface area (Å²) in [4.78, 5) is 4.04. The molecule has 2 N–H and O–H groups in total. The SMILES string of the molecule is CC(N)c1ncn(Cc2cccc(Cl)c2F)n1. The van der Waals surface area contributed by atoms with Crippen LogP contribution in [0, 0.1) is 5.82 Å². The highest BCUT2D eigenvalue weighted by Crippen LogP contribution is 2.18. The molecule has 2 rings (SSSR count). The van der Waals surface area contributed by atoms with Crippen LogP contribution in [0.25, 0.3) is 0 Å². The second kappa shape index (κ2) is 4.81. The number of nitrogens with zero attached hydrogens (tertiary/aromatic N) is 3. The van der Waals surface area contributed by atoms with Crippen molar-refractivity contribution in [3.8, 4) is 0 Å². The molecule has 1 unspecified atom stereocenters. The van der Waals surface area contributed by atoms with Gasteiger partial charge in [0.1, 0.15) is 12.1 Å². The molecule has 4 nitrogen and oxygen atoms in total. The van der Waals surface area contributed by atoms with Crippen molar-refractivity contribution in [1.29, 1.82) is 0 Å². The topological polar surface area (TPSA) is 56.7 Å². The highest BCUT2D eigenvalue weighted by Gasteiger charge is 2.09. The molecule has 1 atom stereocenters. The molecule has 0 fully saturated rings. The van der Waals surface area contributed by atoms with Crippen LogP contribution in [-0.2, 0) is 6.54 Å². The molecule has 17 heavy (non-hydrogen) atoms. The number of aromatic nitrogens is 3. The fourth-order valence-electron chi connectivity index (χ4n) is 1.44. The fraction of sp³-hybridized carbons (Fsp3) is 0.273.